The molecule has 1 aromatic carbocycles. The third kappa shape index (κ3) is 5.32. The fraction of sp³-hybridized carbons (Fsp3) is 0.400. The average Bonchev–Trinajstić information content (AvgIpc) is 2.81. The van der Waals surface area contributed by atoms with E-state index in [-0.39, 0.29) is 5.97 Å². The molecule has 2 heteroatoms. The Labute approximate surface area is 163 Å². The number of rotatable bonds is 3. The van der Waals surface area contributed by atoms with Crippen molar-refractivity contribution in [3.8, 4) is 0 Å². The third-order valence-electron chi connectivity index (χ3n) is 5.58. The van der Waals surface area contributed by atoms with Crippen molar-refractivity contribution in [2.75, 3.05) is 7.11 Å². The zero-order valence-electron chi connectivity index (χ0n) is 16.3. The van der Waals surface area contributed by atoms with Gasteiger partial charge in [-0.3, -0.25) is 0 Å². The van der Waals surface area contributed by atoms with Gasteiger partial charge in [0.1, 0.15) is 0 Å². The third-order valence-corrected chi connectivity index (χ3v) is 5.58. The molecule has 0 N–H and O–H groups in total. The maximum absolute atomic E-state index is 12.5. The first kappa shape index (κ1) is 19.4. The van der Waals surface area contributed by atoms with Gasteiger partial charge in [0.15, 0.2) is 0 Å². The molecule has 3 rings (SSSR count). The van der Waals surface area contributed by atoms with Crippen molar-refractivity contribution in [3.63, 3.8) is 0 Å². The van der Waals surface area contributed by atoms with Crippen LogP contribution >= 0.6 is 0 Å². The van der Waals surface area contributed by atoms with Gasteiger partial charge in [-0.1, -0.05) is 93.2 Å². The van der Waals surface area contributed by atoms with Gasteiger partial charge in [-0.15, -0.1) is 0 Å². The monoisotopic (exact) mass is 362 g/mol. The molecule has 0 spiro atoms. The van der Waals surface area contributed by atoms with E-state index in [0.29, 0.717) is 11.5 Å². The predicted octanol–water partition coefficient (Wildman–Crippen LogP) is 6.76. The second-order valence-electron chi connectivity index (χ2n) is 7.44. The number of esters is 1. The van der Waals surface area contributed by atoms with Crippen molar-refractivity contribution >= 4 is 11.5 Å². The van der Waals surface area contributed by atoms with Crippen LogP contribution in [0.4, 0.5) is 0 Å². The average molecular weight is 363 g/mol. The minimum Gasteiger partial charge on any atom is -0.465 e. The summed E-state index contributed by atoms with van der Waals surface area (Å²) in [5, 5.41) is 0. The molecule has 0 atom stereocenters. The van der Waals surface area contributed by atoms with Gasteiger partial charge in [0.05, 0.1) is 12.7 Å². The second kappa shape index (κ2) is 10.1. The van der Waals surface area contributed by atoms with E-state index < -0.39 is 0 Å². The summed E-state index contributed by atoms with van der Waals surface area (Å²) in [4.78, 5) is 12.5. The van der Waals surface area contributed by atoms with Crippen LogP contribution in [0.1, 0.15) is 78.8 Å². The quantitative estimate of drug-likeness (QED) is 0.555. The molecule has 2 aliphatic carbocycles. The molecular weight excluding hydrogens is 332 g/mol. The number of hydrogen-bond donors (Lipinski definition) is 0. The highest BCUT2D eigenvalue weighted by atomic mass is 16.5. The first-order chi connectivity index (χ1) is 13.3. The number of carbonyl (C=O) groups is 1. The molecule has 1 aromatic rings. The van der Waals surface area contributed by atoms with E-state index in [1.807, 2.05) is 42.5 Å². The van der Waals surface area contributed by atoms with Crippen molar-refractivity contribution in [1.29, 1.82) is 0 Å². The molecule has 0 heterocycles. The molecule has 27 heavy (non-hydrogen) atoms. The minimum absolute atomic E-state index is 0.259. The largest absolute Gasteiger partial charge is 0.465 e. The molecule has 1 fully saturated rings. The number of ether oxygens (including phenoxy) is 1. The zero-order chi connectivity index (χ0) is 18.9. The van der Waals surface area contributed by atoms with E-state index in [4.69, 9.17) is 4.74 Å². The molecule has 0 radical (unpaired) electrons. The first-order valence-electron chi connectivity index (χ1n) is 10.2. The zero-order valence-corrected chi connectivity index (χ0v) is 16.3. The lowest BCUT2D eigenvalue weighted by Gasteiger charge is -2.19. The molecule has 0 aliphatic heterocycles. The SMILES string of the molecule is COC(=O)c1cc(C2CCCCCCCC2)ccc1C1=CC=CC=CC=C1. The van der Waals surface area contributed by atoms with Crippen LogP contribution in [-0.2, 0) is 4.74 Å². The summed E-state index contributed by atoms with van der Waals surface area (Å²) in [6, 6.07) is 6.40. The van der Waals surface area contributed by atoms with Gasteiger partial charge in [0, 0.05) is 0 Å². The van der Waals surface area contributed by atoms with Crippen LogP contribution in [0.15, 0.2) is 60.7 Å². The molecule has 0 amide bonds. The summed E-state index contributed by atoms with van der Waals surface area (Å²) in [6.07, 6.45) is 24.5. The summed E-state index contributed by atoms with van der Waals surface area (Å²) >= 11 is 0. The summed E-state index contributed by atoms with van der Waals surface area (Å²) in [5.41, 5.74) is 3.91. The Hall–Kier alpha value is -2.35. The van der Waals surface area contributed by atoms with Crippen molar-refractivity contribution < 1.29 is 9.53 Å². The minimum atomic E-state index is -0.259. The van der Waals surface area contributed by atoms with Crippen molar-refractivity contribution in [2.45, 2.75) is 57.3 Å². The maximum Gasteiger partial charge on any atom is 0.338 e. The highest BCUT2D eigenvalue weighted by Crippen LogP contribution is 2.33. The van der Waals surface area contributed by atoms with E-state index >= 15 is 0 Å². The van der Waals surface area contributed by atoms with Crippen LogP contribution in [0, 0.1) is 0 Å². The number of methoxy groups -OCH3 is 1. The standard InChI is InChI=1S/C25H30O2/c1-27-25(26)24-19-22(20-13-9-5-2-3-6-10-14-20)17-18-23(24)21-15-11-7-4-8-12-16-21/h4,7-8,11-12,15-20H,2-3,5-6,9-10,13-14H2,1H3. The van der Waals surface area contributed by atoms with Crippen LogP contribution < -0.4 is 0 Å². The Bertz CT molecular complexity index is 755. The van der Waals surface area contributed by atoms with E-state index in [0.717, 1.165) is 11.1 Å². The lowest BCUT2D eigenvalue weighted by molar-refractivity contribution is 0.0600. The molecule has 0 aromatic heterocycles. The van der Waals surface area contributed by atoms with Crippen LogP contribution in [-0.4, -0.2) is 13.1 Å². The van der Waals surface area contributed by atoms with Crippen LogP contribution in [0.2, 0.25) is 0 Å². The number of benzene rings is 1. The van der Waals surface area contributed by atoms with Crippen LogP contribution in [0.3, 0.4) is 0 Å². The Kier molecular flexibility index (Phi) is 7.27. The van der Waals surface area contributed by atoms with Crippen LogP contribution in [0.25, 0.3) is 5.57 Å². The molecule has 0 saturated heterocycles. The number of carbonyl (C=O) groups excluding carboxylic acids is 1. The maximum atomic E-state index is 12.5. The fourth-order valence-corrected chi connectivity index (χ4v) is 4.06. The Morgan fingerprint density at radius 2 is 1.56 bits per heavy atom. The summed E-state index contributed by atoms with van der Waals surface area (Å²) in [7, 11) is 1.46. The smallest absolute Gasteiger partial charge is 0.338 e. The fourth-order valence-electron chi connectivity index (χ4n) is 4.06. The first-order valence-corrected chi connectivity index (χ1v) is 10.2. The summed E-state index contributed by atoms with van der Waals surface area (Å²) in [6.45, 7) is 0. The van der Waals surface area contributed by atoms with Gasteiger partial charge >= 0.3 is 5.97 Å². The van der Waals surface area contributed by atoms with E-state index in [9.17, 15) is 4.79 Å². The molecule has 142 valence electrons. The van der Waals surface area contributed by atoms with Crippen LogP contribution in [0.5, 0.6) is 0 Å². The molecule has 0 unspecified atom stereocenters. The van der Waals surface area contributed by atoms with E-state index in [1.165, 1.54) is 64.0 Å². The van der Waals surface area contributed by atoms with Crippen molar-refractivity contribution in [1.82, 2.24) is 0 Å². The summed E-state index contributed by atoms with van der Waals surface area (Å²) < 4.78 is 5.11. The van der Waals surface area contributed by atoms with E-state index in [1.54, 1.807) is 0 Å². The lowest BCUT2D eigenvalue weighted by Crippen LogP contribution is -2.08. The van der Waals surface area contributed by atoms with Gasteiger partial charge in [0.2, 0.25) is 0 Å². The lowest BCUT2D eigenvalue weighted by atomic mass is 9.86. The van der Waals surface area contributed by atoms with Gasteiger partial charge < -0.3 is 4.74 Å². The van der Waals surface area contributed by atoms with Gasteiger partial charge in [-0.25, -0.2) is 4.79 Å². The van der Waals surface area contributed by atoms with Gasteiger partial charge in [-0.2, -0.15) is 0 Å². The van der Waals surface area contributed by atoms with E-state index in [2.05, 4.69) is 18.2 Å². The molecule has 1 saturated carbocycles. The predicted molar refractivity (Wildman–Crippen MR) is 113 cm³/mol. The highest BCUT2D eigenvalue weighted by molar-refractivity contribution is 5.97. The number of hydrogen-bond acceptors (Lipinski definition) is 2. The number of allylic oxidation sites excluding steroid dienone is 8. The van der Waals surface area contributed by atoms with Gasteiger partial charge in [-0.05, 0) is 41.5 Å². The Morgan fingerprint density at radius 3 is 2.30 bits per heavy atom. The molecule has 2 nitrogen and oxygen atoms in total. The molecule has 0 bridgehead atoms. The van der Waals surface area contributed by atoms with Gasteiger partial charge in [0.25, 0.3) is 0 Å². The van der Waals surface area contributed by atoms with Crippen molar-refractivity contribution in [2.24, 2.45) is 0 Å². The normalized spacial score (nSPS) is 18.6. The molecular formula is C25H30O2. The highest BCUT2D eigenvalue weighted by Gasteiger charge is 2.19. The summed E-state index contributed by atoms with van der Waals surface area (Å²) in [5.74, 6) is 0.288. The Balaban J connectivity index is 1.95. The molecule has 2 aliphatic rings. The topological polar surface area (TPSA) is 26.3 Å². The second-order valence-corrected chi connectivity index (χ2v) is 7.44. The van der Waals surface area contributed by atoms with Crippen molar-refractivity contribution in [3.05, 3.63) is 77.4 Å². The Morgan fingerprint density at radius 1 is 0.889 bits per heavy atom.